The molecule has 13 rings (SSSR count). The molecule has 0 aromatic heterocycles. The largest absolute Gasteiger partial charge is 0.0622 e. The molecule has 0 amide bonds. The van der Waals surface area contributed by atoms with E-state index in [4.69, 9.17) is 0 Å². The molecule has 11 aromatic rings. The Labute approximate surface area is 380 Å². The van der Waals surface area contributed by atoms with E-state index in [1.54, 1.807) is 0 Å². The fourth-order valence-electron chi connectivity index (χ4n) is 11.5. The van der Waals surface area contributed by atoms with Gasteiger partial charge in [-0.05, 0) is 146 Å². The smallest absolute Gasteiger partial charge is 0.0296 e. The summed E-state index contributed by atoms with van der Waals surface area (Å²) in [6, 6.07) is 87.9. The van der Waals surface area contributed by atoms with Gasteiger partial charge >= 0.3 is 0 Å². The third-order valence-electron chi connectivity index (χ3n) is 14.4. The van der Waals surface area contributed by atoms with Crippen LogP contribution in [0.25, 0.3) is 88.5 Å². The van der Waals surface area contributed by atoms with Gasteiger partial charge in [0.2, 0.25) is 0 Å². The molecule has 0 heterocycles. The lowest BCUT2D eigenvalue weighted by Crippen LogP contribution is -2.25. The predicted molar refractivity (Wildman–Crippen MR) is 275 cm³/mol. The van der Waals surface area contributed by atoms with Crippen molar-refractivity contribution in [1.82, 2.24) is 0 Å². The molecule has 0 radical (unpaired) electrons. The maximum Gasteiger partial charge on any atom is 0.0296 e. The fourth-order valence-corrected chi connectivity index (χ4v) is 11.5. The number of hydrogen-bond donors (Lipinski definition) is 0. The lowest BCUT2D eigenvalue weighted by Gasteiger charge is -2.27. The van der Waals surface area contributed by atoms with Gasteiger partial charge in [-0.1, -0.05) is 231 Å². The predicted octanol–water partition coefficient (Wildman–Crippen LogP) is 16.8. The van der Waals surface area contributed by atoms with Gasteiger partial charge in [0, 0.05) is 5.41 Å². The quantitative estimate of drug-likeness (QED) is 0.116. The van der Waals surface area contributed by atoms with E-state index in [9.17, 15) is 0 Å². The lowest BCUT2D eigenvalue weighted by atomic mass is 9.75. The van der Waals surface area contributed by atoms with Crippen LogP contribution in [-0.4, -0.2) is 0 Å². The van der Waals surface area contributed by atoms with E-state index in [0.717, 1.165) is 12.8 Å². The number of hydrogen-bond acceptors (Lipinski definition) is 0. The molecule has 0 heteroatoms. The summed E-state index contributed by atoms with van der Waals surface area (Å²) in [6.45, 7) is 0. The maximum atomic E-state index is 2.51. The van der Waals surface area contributed by atoms with Crippen LogP contribution >= 0.6 is 0 Å². The van der Waals surface area contributed by atoms with Crippen molar-refractivity contribution in [2.24, 2.45) is 0 Å². The van der Waals surface area contributed by atoms with E-state index in [1.807, 2.05) is 0 Å². The SMILES string of the molecule is C(=C(c1ccccc1)c1ccccc1)c1ccc(-c2c3ccccc3c(-c3ccc(-c4ccc5c(c4)C4(Cc6cc7ccccc7cc6C4)c4ccccc4-5)cc3)c3ccccc23)cc1. The minimum atomic E-state index is -0.0640. The highest BCUT2D eigenvalue weighted by molar-refractivity contribution is 6.21. The molecule has 0 saturated heterocycles. The first-order valence-electron chi connectivity index (χ1n) is 22.9. The van der Waals surface area contributed by atoms with Crippen molar-refractivity contribution >= 4 is 44.0 Å². The van der Waals surface area contributed by atoms with Crippen LogP contribution in [-0.2, 0) is 18.3 Å². The molecule has 0 unspecified atom stereocenters. The molecule has 11 aromatic carbocycles. The van der Waals surface area contributed by atoms with Gasteiger partial charge in [0.25, 0.3) is 0 Å². The van der Waals surface area contributed by atoms with Crippen molar-refractivity contribution in [1.29, 1.82) is 0 Å². The molecule has 1 spiro atoms. The topological polar surface area (TPSA) is 0 Å². The van der Waals surface area contributed by atoms with E-state index in [1.165, 1.54) is 121 Å². The summed E-state index contributed by atoms with van der Waals surface area (Å²) in [6.07, 6.45) is 4.37. The van der Waals surface area contributed by atoms with Crippen molar-refractivity contribution in [3.8, 4) is 44.5 Å². The Balaban J connectivity index is 0.878. The number of fused-ring (bicyclic) bond motifs is 9. The molecule has 2 aliphatic carbocycles. The minimum Gasteiger partial charge on any atom is -0.0622 e. The Bertz CT molecular complexity index is 3520. The molecule has 0 atom stereocenters. The van der Waals surface area contributed by atoms with Gasteiger partial charge in [-0.2, -0.15) is 0 Å². The number of benzene rings is 11. The molecule has 0 fully saturated rings. The van der Waals surface area contributed by atoms with Gasteiger partial charge in [-0.25, -0.2) is 0 Å². The second kappa shape index (κ2) is 15.0. The molecule has 0 nitrogen and oxygen atoms in total. The van der Waals surface area contributed by atoms with E-state index >= 15 is 0 Å². The molecular formula is C65H44. The van der Waals surface area contributed by atoms with Crippen molar-refractivity contribution < 1.29 is 0 Å². The minimum absolute atomic E-state index is 0.0640. The van der Waals surface area contributed by atoms with Gasteiger partial charge in [-0.3, -0.25) is 0 Å². The van der Waals surface area contributed by atoms with E-state index in [2.05, 4.69) is 243 Å². The first-order valence-corrected chi connectivity index (χ1v) is 22.9. The van der Waals surface area contributed by atoms with Crippen LogP contribution in [0.4, 0.5) is 0 Å². The molecule has 0 bridgehead atoms. The van der Waals surface area contributed by atoms with E-state index in [0.29, 0.717) is 0 Å². The van der Waals surface area contributed by atoms with Crippen LogP contribution in [0.5, 0.6) is 0 Å². The average Bonchev–Trinajstić information content (AvgIpc) is 3.88. The summed E-state index contributed by atoms with van der Waals surface area (Å²) in [5, 5.41) is 7.71. The monoisotopic (exact) mass is 824 g/mol. The summed E-state index contributed by atoms with van der Waals surface area (Å²) >= 11 is 0. The molecule has 2 aliphatic rings. The van der Waals surface area contributed by atoms with Gasteiger partial charge in [0.05, 0.1) is 0 Å². The molecule has 0 N–H and O–H groups in total. The van der Waals surface area contributed by atoms with Crippen LogP contribution in [0, 0.1) is 0 Å². The second-order valence-electron chi connectivity index (χ2n) is 18.0. The fraction of sp³-hybridized carbons (Fsp3) is 0.0462. The Morgan fingerprint density at radius 3 is 1.32 bits per heavy atom. The van der Waals surface area contributed by atoms with Crippen molar-refractivity contribution in [2.75, 3.05) is 0 Å². The van der Waals surface area contributed by atoms with Crippen LogP contribution in [0.1, 0.15) is 38.9 Å². The summed E-state index contributed by atoms with van der Waals surface area (Å²) in [7, 11) is 0. The van der Waals surface area contributed by atoms with Crippen LogP contribution < -0.4 is 0 Å². The van der Waals surface area contributed by atoms with Gasteiger partial charge in [-0.15, -0.1) is 0 Å². The Hall–Kier alpha value is -8.06. The zero-order valence-electron chi connectivity index (χ0n) is 36.0. The zero-order valence-corrected chi connectivity index (χ0v) is 36.0. The number of rotatable bonds is 6. The molecular weight excluding hydrogens is 781 g/mol. The van der Waals surface area contributed by atoms with E-state index < -0.39 is 0 Å². The van der Waals surface area contributed by atoms with Crippen LogP contribution in [0.3, 0.4) is 0 Å². The molecule has 0 aliphatic heterocycles. The Morgan fingerprint density at radius 2 is 0.769 bits per heavy atom. The summed E-state index contributed by atoms with van der Waals surface area (Å²) in [5.74, 6) is 0. The van der Waals surface area contributed by atoms with E-state index in [-0.39, 0.29) is 5.41 Å². The van der Waals surface area contributed by atoms with Crippen molar-refractivity contribution in [3.05, 3.63) is 276 Å². The first-order chi connectivity index (χ1) is 32.2. The highest BCUT2D eigenvalue weighted by Crippen LogP contribution is 2.56. The molecule has 304 valence electrons. The third-order valence-corrected chi connectivity index (χ3v) is 14.4. The van der Waals surface area contributed by atoms with Gasteiger partial charge in [0.1, 0.15) is 0 Å². The summed E-state index contributed by atoms with van der Waals surface area (Å²) in [5.41, 5.74) is 20.9. The van der Waals surface area contributed by atoms with Crippen molar-refractivity contribution in [3.63, 3.8) is 0 Å². The van der Waals surface area contributed by atoms with Crippen molar-refractivity contribution in [2.45, 2.75) is 18.3 Å². The lowest BCUT2D eigenvalue weighted by molar-refractivity contribution is 0.564. The Morgan fingerprint density at radius 1 is 0.338 bits per heavy atom. The van der Waals surface area contributed by atoms with Crippen LogP contribution in [0.2, 0.25) is 0 Å². The first kappa shape index (κ1) is 37.5. The standard InChI is InChI=1S/C65H44/c1-3-15-45(16-4-1)60(46-17-5-2-6-18-46)37-43-27-29-47(30-28-43)63-56-22-9-11-24-58(56)64(59-25-12-10-23-57(59)63)48-33-31-44(32-34-48)51-35-36-55-54-21-13-14-26-61(54)65(62(55)40-51)41-52-38-49-19-7-8-20-50(49)39-53(52)42-65/h1-40H,41-42H2. The third kappa shape index (κ3) is 6.13. The van der Waals surface area contributed by atoms with Crippen LogP contribution in [0.15, 0.2) is 237 Å². The molecule has 0 saturated carbocycles. The van der Waals surface area contributed by atoms with Gasteiger partial charge < -0.3 is 0 Å². The normalized spacial score (nSPS) is 13.2. The maximum absolute atomic E-state index is 2.51. The van der Waals surface area contributed by atoms with Gasteiger partial charge in [0.15, 0.2) is 0 Å². The average molecular weight is 825 g/mol. The highest BCUT2D eigenvalue weighted by Gasteiger charge is 2.47. The summed E-state index contributed by atoms with van der Waals surface area (Å²) < 4.78 is 0. The second-order valence-corrected chi connectivity index (χ2v) is 18.0. The highest BCUT2D eigenvalue weighted by atomic mass is 14.5. The summed E-state index contributed by atoms with van der Waals surface area (Å²) in [4.78, 5) is 0. The zero-order chi connectivity index (χ0) is 42.9. The Kier molecular flexibility index (Phi) is 8.68. The molecule has 65 heavy (non-hydrogen) atoms.